The van der Waals surface area contributed by atoms with Crippen molar-refractivity contribution in [3.63, 3.8) is 0 Å². The van der Waals surface area contributed by atoms with Gasteiger partial charge in [-0.3, -0.25) is 4.79 Å². The molecule has 0 radical (unpaired) electrons. The lowest BCUT2D eigenvalue weighted by Crippen LogP contribution is -2.10. The number of benzene rings is 4. The van der Waals surface area contributed by atoms with Crippen molar-refractivity contribution in [3.05, 3.63) is 125 Å². The molecule has 0 aliphatic carbocycles. The number of hydrogen-bond donors (Lipinski definition) is 0. The van der Waals surface area contributed by atoms with E-state index in [-0.39, 0.29) is 5.78 Å². The van der Waals surface area contributed by atoms with E-state index in [4.69, 9.17) is 18.9 Å². The second-order valence-electron chi connectivity index (χ2n) is 16.7. The molecule has 7 nitrogen and oxygen atoms in total. The van der Waals surface area contributed by atoms with Crippen LogP contribution in [0, 0.1) is 0 Å². The third kappa shape index (κ3) is 21.7. The summed E-state index contributed by atoms with van der Waals surface area (Å²) < 4.78 is 22.8. The molecule has 4 aromatic rings. The summed E-state index contributed by atoms with van der Waals surface area (Å²) in [6.45, 7) is 5.82. The molecule has 0 saturated heterocycles. The van der Waals surface area contributed by atoms with E-state index in [2.05, 4.69) is 13.8 Å². The summed E-state index contributed by atoms with van der Waals surface area (Å²) >= 11 is 0. The van der Waals surface area contributed by atoms with Gasteiger partial charge in [0.2, 0.25) is 0 Å². The van der Waals surface area contributed by atoms with E-state index >= 15 is 0 Å². The van der Waals surface area contributed by atoms with E-state index < -0.39 is 11.9 Å². The molecule has 0 spiro atoms. The molecule has 0 saturated carbocycles. The van der Waals surface area contributed by atoms with Gasteiger partial charge in [0.05, 0.1) is 24.3 Å². The predicted molar refractivity (Wildman–Crippen MR) is 258 cm³/mol. The number of hydrogen-bond acceptors (Lipinski definition) is 7. The fraction of sp³-hybridized carbons (Fsp3) is 0.482. The van der Waals surface area contributed by atoms with Crippen molar-refractivity contribution in [2.45, 2.75) is 162 Å². The monoisotopic (exact) mass is 859 g/mol. The van der Waals surface area contributed by atoms with Gasteiger partial charge < -0.3 is 18.9 Å². The Hall–Kier alpha value is -5.17. The Balaban J connectivity index is 1.04. The van der Waals surface area contributed by atoms with E-state index in [1.165, 1.54) is 141 Å². The molecule has 0 fully saturated rings. The summed E-state index contributed by atoms with van der Waals surface area (Å²) in [6.07, 6.45) is 33.5. The van der Waals surface area contributed by atoms with Crippen molar-refractivity contribution in [2.75, 3.05) is 13.2 Å². The quantitative estimate of drug-likeness (QED) is 0.0152. The van der Waals surface area contributed by atoms with Gasteiger partial charge in [-0.25, -0.2) is 9.59 Å². The fourth-order valence-corrected chi connectivity index (χ4v) is 7.40. The van der Waals surface area contributed by atoms with Crippen molar-refractivity contribution in [1.82, 2.24) is 0 Å². The Kier molecular flexibility index (Phi) is 25.3. The first-order valence-electron chi connectivity index (χ1n) is 24.3. The molecule has 4 rings (SSSR count). The lowest BCUT2D eigenvalue weighted by Gasteiger charge is -2.08. The average molecular weight is 859 g/mol. The van der Waals surface area contributed by atoms with Crippen molar-refractivity contribution < 1.29 is 33.3 Å². The van der Waals surface area contributed by atoms with Crippen molar-refractivity contribution >= 4 is 23.8 Å². The summed E-state index contributed by atoms with van der Waals surface area (Å²) in [5.41, 5.74) is 2.08. The lowest BCUT2D eigenvalue weighted by atomic mass is 10.0. The largest absolute Gasteiger partial charge is 0.494 e. The smallest absolute Gasteiger partial charge is 0.343 e. The molecule has 340 valence electrons. The number of ether oxygens (including phenoxy) is 4. The van der Waals surface area contributed by atoms with Crippen LogP contribution in [0.5, 0.6) is 23.0 Å². The number of ketones is 1. The van der Waals surface area contributed by atoms with Crippen molar-refractivity contribution in [1.29, 1.82) is 0 Å². The van der Waals surface area contributed by atoms with E-state index in [0.29, 0.717) is 41.4 Å². The van der Waals surface area contributed by atoms with Crippen LogP contribution in [-0.4, -0.2) is 30.9 Å². The van der Waals surface area contributed by atoms with Gasteiger partial charge in [0.15, 0.2) is 5.78 Å². The third-order valence-corrected chi connectivity index (χ3v) is 11.3. The maximum absolute atomic E-state index is 12.8. The van der Waals surface area contributed by atoms with E-state index in [1.807, 2.05) is 12.1 Å². The van der Waals surface area contributed by atoms with Crippen LogP contribution >= 0.6 is 0 Å². The predicted octanol–water partition coefficient (Wildman–Crippen LogP) is 15.8. The van der Waals surface area contributed by atoms with Crippen LogP contribution in [0.1, 0.15) is 198 Å². The molecule has 0 amide bonds. The summed E-state index contributed by atoms with van der Waals surface area (Å²) in [7, 11) is 0. The molecule has 0 aliphatic heterocycles. The highest BCUT2D eigenvalue weighted by Crippen LogP contribution is 2.21. The zero-order valence-corrected chi connectivity index (χ0v) is 38.4. The fourth-order valence-electron chi connectivity index (χ4n) is 7.40. The summed E-state index contributed by atoms with van der Waals surface area (Å²) in [6, 6.07) is 27.3. The molecule has 0 N–H and O–H groups in total. The Bertz CT molecular complexity index is 1860. The first-order valence-corrected chi connectivity index (χ1v) is 24.3. The SMILES string of the molecule is CCCCCCCCCCCCCCCCCCCCOc1ccc(C(=O)Oc2ccc(C(=O)Oc3ccc(/C=C/C(=O)c4ccc(OCCCCCCC)cc4)cc3)cc2)cc1. The number of rotatable bonds is 34. The molecule has 0 unspecified atom stereocenters. The highest BCUT2D eigenvalue weighted by Gasteiger charge is 2.13. The van der Waals surface area contributed by atoms with Crippen LogP contribution < -0.4 is 18.9 Å². The molecule has 0 bridgehead atoms. The first-order chi connectivity index (χ1) is 30.9. The Morgan fingerprint density at radius 2 is 0.667 bits per heavy atom. The van der Waals surface area contributed by atoms with E-state index in [0.717, 1.165) is 29.9 Å². The average Bonchev–Trinajstić information content (AvgIpc) is 3.31. The zero-order chi connectivity index (χ0) is 44.6. The van der Waals surface area contributed by atoms with E-state index in [1.54, 1.807) is 91.0 Å². The highest BCUT2D eigenvalue weighted by molar-refractivity contribution is 6.06. The van der Waals surface area contributed by atoms with Crippen LogP contribution in [0.15, 0.2) is 103 Å². The number of esters is 2. The molecular formula is C56H74O7. The van der Waals surface area contributed by atoms with Gasteiger partial charge in [0.1, 0.15) is 23.0 Å². The maximum Gasteiger partial charge on any atom is 0.343 e. The van der Waals surface area contributed by atoms with Gasteiger partial charge in [-0.15, -0.1) is 0 Å². The third-order valence-electron chi connectivity index (χ3n) is 11.3. The van der Waals surface area contributed by atoms with Gasteiger partial charge >= 0.3 is 11.9 Å². The number of carbonyl (C=O) groups excluding carboxylic acids is 3. The Labute approximate surface area is 379 Å². The normalized spacial score (nSPS) is 11.1. The van der Waals surface area contributed by atoms with Crippen molar-refractivity contribution in [2.24, 2.45) is 0 Å². The van der Waals surface area contributed by atoms with Crippen LogP contribution in [0.2, 0.25) is 0 Å². The topological polar surface area (TPSA) is 88.1 Å². The minimum atomic E-state index is -0.545. The number of allylic oxidation sites excluding steroid dienone is 1. The van der Waals surface area contributed by atoms with Gasteiger partial charge in [0.25, 0.3) is 0 Å². The molecule has 0 atom stereocenters. The van der Waals surface area contributed by atoms with Crippen LogP contribution in [-0.2, 0) is 0 Å². The summed E-state index contributed by atoms with van der Waals surface area (Å²) in [5.74, 6) is 1.01. The molecule has 0 aromatic heterocycles. The molecular weight excluding hydrogens is 785 g/mol. The highest BCUT2D eigenvalue weighted by atomic mass is 16.5. The lowest BCUT2D eigenvalue weighted by molar-refractivity contribution is 0.0730. The minimum absolute atomic E-state index is 0.116. The van der Waals surface area contributed by atoms with Crippen LogP contribution in [0.3, 0.4) is 0 Å². The first kappa shape index (κ1) is 50.5. The molecule has 63 heavy (non-hydrogen) atoms. The van der Waals surface area contributed by atoms with Gasteiger partial charge in [0, 0.05) is 5.56 Å². The Morgan fingerprint density at radius 1 is 0.365 bits per heavy atom. The number of carbonyl (C=O) groups is 3. The summed E-state index contributed by atoms with van der Waals surface area (Å²) in [5, 5.41) is 0. The second-order valence-corrected chi connectivity index (χ2v) is 16.7. The second kappa shape index (κ2) is 31.6. The zero-order valence-electron chi connectivity index (χ0n) is 38.4. The van der Waals surface area contributed by atoms with E-state index in [9.17, 15) is 14.4 Å². The molecule has 7 heteroatoms. The minimum Gasteiger partial charge on any atom is -0.494 e. The van der Waals surface area contributed by atoms with Crippen LogP contribution in [0.25, 0.3) is 6.08 Å². The standard InChI is InChI=1S/C56H74O7/c1-3-5-7-9-10-11-12-13-14-15-16-17-18-19-20-21-23-25-45-61-51-39-31-48(32-40-51)55(58)63-53-41-33-49(34-42-53)56(59)62-52-35-26-46(27-36-52)28-43-54(57)47-29-37-50(38-30-47)60-44-24-22-8-6-4-2/h26-43H,3-25,44-45H2,1-2H3/b43-28+. The van der Waals surface area contributed by atoms with Gasteiger partial charge in [-0.2, -0.15) is 0 Å². The molecule has 0 heterocycles. The van der Waals surface area contributed by atoms with Crippen LogP contribution in [0.4, 0.5) is 0 Å². The van der Waals surface area contributed by atoms with Gasteiger partial charge in [-0.05, 0) is 109 Å². The Morgan fingerprint density at radius 3 is 1.03 bits per heavy atom. The van der Waals surface area contributed by atoms with Crippen molar-refractivity contribution in [3.8, 4) is 23.0 Å². The molecule has 4 aromatic carbocycles. The van der Waals surface area contributed by atoms with Gasteiger partial charge in [-0.1, -0.05) is 167 Å². The number of unbranched alkanes of at least 4 members (excludes halogenated alkanes) is 21. The molecule has 0 aliphatic rings. The summed E-state index contributed by atoms with van der Waals surface area (Å²) in [4.78, 5) is 38.4. The maximum atomic E-state index is 12.8.